The van der Waals surface area contributed by atoms with Crippen molar-refractivity contribution in [3.63, 3.8) is 0 Å². The molecular weight excluding hydrogens is 238 g/mol. The van der Waals surface area contributed by atoms with Gasteiger partial charge < -0.3 is 9.88 Å². The van der Waals surface area contributed by atoms with E-state index in [0.717, 1.165) is 24.2 Å². The van der Waals surface area contributed by atoms with Crippen LogP contribution in [0.4, 0.5) is 5.69 Å². The van der Waals surface area contributed by atoms with E-state index < -0.39 is 0 Å². The van der Waals surface area contributed by atoms with Crippen molar-refractivity contribution in [1.82, 2.24) is 9.97 Å². The van der Waals surface area contributed by atoms with E-state index in [0.29, 0.717) is 5.82 Å². The lowest BCUT2D eigenvalue weighted by atomic mass is 9.99. The molecule has 1 aromatic heterocycles. The van der Waals surface area contributed by atoms with Gasteiger partial charge in [-0.3, -0.25) is 4.79 Å². The molecule has 0 atom stereocenters. The van der Waals surface area contributed by atoms with Gasteiger partial charge >= 0.3 is 0 Å². The fraction of sp³-hybridized carbons (Fsp3) is 0.333. The zero-order chi connectivity index (χ0) is 13.4. The van der Waals surface area contributed by atoms with E-state index in [1.807, 2.05) is 13.0 Å². The van der Waals surface area contributed by atoms with E-state index in [1.54, 1.807) is 0 Å². The maximum atomic E-state index is 11.5. The molecule has 0 radical (unpaired) electrons. The van der Waals surface area contributed by atoms with Crippen molar-refractivity contribution in [2.75, 3.05) is 18.5 Å². The average molecular weight is 255 g/mol. The summed E-state index contributed by atoms with van der Waals surface area (Å²) in [6.45, 7) is 2.94. The van der Waals surface area contributed by atoms with Gasteiger partial charge in [-0.1, -0.05) is 0 Å². The van der Waals surface area contributed by atoms with Gasteiger partial charge in [0.05, 0.1) is 0 Å². The summed E-state index contributed by atoms with van der Waals surface area (Å²) in [5.41, 5.74) is 4.24. The molecule has 2 heterocycles. The third-order valence-corrected chi connectivity index (χ3v) is 3.57. The molecule has 19 heavy (non-hydrogen) atoms. The van der Waals surface area contributed by atoms with Gasteiger partial charge in [0.1, 0.15) is 5.82 Å². The van der Waals surface area contributed by atoms with Crippen LogP contribution in [0, 0.1) is 6.92 Å². The zero-order valence-electron chi connectivity index (χ0n) is 11.2. The number of hydrogen-bond donors (Lipinski definition) is 1. The molecule has 0 bridgehead atoms. The molecule has 0 fully saturated rings. The van der Waals surface area contributed by atoms with Crippen molar-refractivity contribution in [3.05, 3.63) is 45.9 Å². The smallest absolute Gasteiger partial charge is 0.251 e. The summed E-state index contributed by atoms with van der Waals surface area (Å²) in [6, 6.07) is 7.79. The first-order valence-electron chi connectivity index (χ1n) is 6.56. The number of aryl methyl sites for hydroxylation is 2. The second kappa shape index (κ2) is 4.53. The summed E-state index contributed by atoms with van der Waals surface area (Å²) in [7, 11) is 2.12. The molecule has 0 spiro atoms. The van der Waals surface area contributed by atoms with Gasteiger partial charge in [-0.05, 0) is 43.5 Å². The SMILES string of the molecule is Cc1cc(=O)[nH]c(-c2ccc3c(c2)CCCN3C)n1. The average Bonchev–Trinajstić information content (AvgIpc) is 2.37. The molecule has 3 rings (SSSR count). The molecule has 1 aliphatic heterocycles. The molecule has 1 aromatic carbocycles. The Kier molecular flexibility index (Phi) is 2.85. The minimum Gasteiger partial charge on any atom is -0.374 e. The van der Waals surface area contributed by atoms with Gasteiger partial charge in [0, 0.05) is 36.6 Å². The maximum Gasteiger partial charge on any atom is 0.251 e. The number of benzene rings is 1. The number of nitrogens with zero attached hydrogens (tertiary/aromatic N) is 2. The molecule has 0 unspecified atom stereocenters. The van der Waals surface area contributed by atoms with Crippen molar-refractivity contribution in [3.8, 4) is 11.4 Å². The van der Waals surface area contributed by atoms with Crippen LogP contribution in [-0.4, -0.2) is 23.6 Å². The predicted octanol–water partition coefficient (Wildman–Crippen LogP) is 2.13. The summed E-state index contributed by atoms with van der Waals surface area (Å²) in [5.74, 6) is 0.654. The number of aromatic nitrogens is 2. The molecule has 2 aromatic rings. The number of hydrogen-bond acceptors (Lipinski definition) is 3. The summed E-state index contributed by atoms with van der Waals surface area (Å²) in [6.07, 6.45) is 2.26. The molecule has 4 nitrogen and oxygen atoms in total. The highest BCUT2D eigenvalue weighted by Crippen LogP contribution is 2.29. The molecule has 0 saturated carbocycles. The van der Waals surface area contributed by atoms with Gasteiger partial charge in [0.15, 0.2) is 0 Å². The van der Waals surface area contributed by atoms with Crippen LogP contribution in [-0.2, 0) is 6.42 Å². The van der Waals surface area contributed by atoms with E-state index in [-0.39, 0.29) is 5.56 Å². The van der Waals surface area contributed by atoms with E-state index in [1.165, 1.54) is 23.7 Å². The standard InChI is InChI=1S/C15H17N3O/c1-10-8-14(19)17-15(16-10)12-5-6-13-11(9-12)4-3-7-18(13)2/h5-6,8-9H,3-4,7H2,1-2H3,(H,16,17,19). The number of aromatic amines is 1. The molecular formula is C15H17N3O. The van der Waals surface area contributed by atoms with Crippen molar-refractivity contribution in [2.24, 2.45) is 0 Å². The number of fused-ring (bicyclic) bond motifs is 1. The highest BCUT2D eigenvalue weighted by Gasteiger charge is 2.14. The van der Waals surface area contributed by atoms with Crippen molar-refractivity contribution in [1.29, 1.82) is 0 Å². The minimum absolute atomic E-state index is 0.0997. The predicted molar refractivity (Wildman–Crippen MR) is 76.6 cm³/mol. The van der Waals surface area contributed by atoms with Crippen LogP contribution in [0.2, 0.25) is 0 Å². The first-order valence-corrected chi connectivity index (χ1v) is 6.56. The van der Waals surface area contributed by atoms with Crippen LogP contribution in [0.15, 0.2) is 29.1 Å². The minimum atomic E-state index is -0.0997. The lowest BCUT2D eigenvalue weighted by Gasteiger charge is -2.27. The molecule has 0 saturated heterocycles. The fourth-order valence-electron chi connectivity index (χ4n) is 2.65. The highest BCUT2D eigenvalue weighted by molar-refractivity contribution is 5.65. The molecule has 1 aliphatic rings. The van der Waals surface area contributed by atoms with E-state index in [4.69, 9.17) is 0 Å². The van der Waals surface area contributed by atoms with Crippen LogP contribution in [0.5, 0.6) is 0 Å². The Labute approximate surface area is 112 Å². The van der Waals surface area contributed by atoms with Crippen molar-refractivity contribution >= 4 is 5.69 Å². The number of anilines is 1. The second-order valence-electron chi connectivity index (χ2n) is 5.10. The fourth-order valence-corrected chi connectivity index (χ4v) is 2.65. The zero-order valence-corrected chi connectivity index (χ0v) is 11.2. The lowest BCUT2D eigenvalue weighted by Crippen LogP contribution is -2.24. The number of rotatable bonds is 1. The quantitative estimate of drug-likeness (QED) is 0.849. The van der Waals surface area contributed by atoms with Crippen molar-refractivity contribution in [2.45, 2.75) is 19.8 Å². The highest BCUT2D eigenvalue weighted by atomic mass is 16.1. The molecule has 0 amide bonds. The van der Waals surface area contributed by atoms with E-state index >= 15 is 0 Å². The van der Waals surface area contributed by atoms with Gasteiger partial charge in [0.25, 0.3) is 5.56 Å². The van der Waals surface area contributed by atoms with Crippen LogP contribution < -0.4 is 10.5 Å². The van der Waals surface area contributed by atoms with Crippen LogP contribution in [0.25, 0.3) is 11.4 Å². The lowest BCUT2D eigenvalue weighted by molar-refractivity contribution is 0.744. The van der Waals surface area contributed by atoms with Crippen LogP contribution in [0.3, 0.4) is 0 Å². The van der Waals surface area contributed by atoms with Crippen LogP contribution in [0.1, 0.15) is 17.7 Å². The summed E-state index contributed by atoms with van der Waals surface area (Å²) in [4.78, 5) is 21.0. The van der Waals surface area contributed by atoms with E-state index in [9.17, 15) is 4.79 Å². The monoisotopic (exact) mass is 255 g/mol. The van der Waals surface area contributed by atoms with Crippen molar-refractivity contribution < 1.29 is 0 Å². The molecule has 4 heteroatoms. The summed E-state index contributed by atoms with van der Waals surface area (Å²) in [5, 5.41) is 0. The summed E-state index contributed by atoms with van der Waals surface area (Å²) < 4.78 is 0. The topological polar surface area (TPSA) is 49.0 Å². The van der Waals surface area contributed by atoms with Gasteiger partial charge in [-0.25, -0.2) is 4.98 Å². The van der Waals surface area contributed by atoms with E-state index in [2.05, 4.69) is 34.0 Å². The Morgan fingerprint density at radius 2 is 2.16 bits per heavy atom. The Morgan fingerprint density at radius 3 is 2.95 bits per heavy atom. The Bertz CT molecular complexity index is 675. The number of H-pyrrole nitrogens is 1. The third-order valence-electron chi connectivity index (χ3n) is 3.57. The van der Waals surface area contributed by atoms with Gasteiger partial charge in [0.2, 0.25) is 0 Å². The number of nitrogens with one attached hydrogen (secondary N) is 1. The van der Waals surface area contributed by atoms with Gasteiger partial charge in [-0.15, -0.1) is 0 Å². The Morgan fingerprint density at radius 1 is 1.32 bits per heavy atom. The van der Waals surface area contributed by atoms with Crippen LogP contribution >= 0.6 is 0 Å². The molecule has 98 valence electrons. The largest absolute Gasteiger partial charge is 0.374 e. The Balaban J connectivity index is 2.09. The van der Waals surface area contributed by atoms with Gasteiger partial charge in [-0.2, -0.15) is 0 Å². The second-order valence-corrected chi connectivity index (χ2v) is 5.10. The Hall–Kier alpha value is -2.10. The molecule has 0 aliphatic carbocycles. The normalized spacial score (nSPS) is 14.3. The first-order chi connectivity index (χ1) is 9.13. The molecule has 1 N–H and O–H groups in total. The maximum absolute atomic E-state index is 11.5. The third kappa shape index (κ3) is 2.26. The first kappa shape index (κ1) is 12.0. The summed E-state index contributed by atoms with van der Waals surface area (Å²) >= 11 is 0.